The molecule has 0 unspecified atom stereocenters. The lowest BCUT2D eigenvalue weighted by Crippen LogP contribution is -2.39. The molecule has 1 aliphatic rings. The first-order valence-electron chi connectivity index (χ1n) is 9.87. The van der Waals surface area contributed by atoms with Crippen molar-refractivity contribution in [1.29, 1.82) is 0 Å². The Balaban J connectivity index is 1.54. The third-order valence-corrected chi connectivity index (χ3v) is 5.77. The topological polar surface area (TPSA) is 69.7 Å². The molecular formula is C23H26BrN3O3. The van der Waals surface area contributed by atoms with Gasteiger partial charge in [0.05, 0.1) is 12.5 Å². The Morgan fingerprint density at radius 3 is 2.53 bits per heavy atom. The molecule has 0 aliphatic carbocycles. The monoisotopic (exact) mass is 471 g/mol. The van der Waals surface area contributed by atoms with Gasteiger partial charge >= 0.3 is 0 Å². The lowest BCUT2D eigenvalue weighted by atomic mass is 10.1. The van der Waals surface area contributed by atoms with Crippen LogP contribution < -0.4 is 5.32 Å². The van der Waals surface area contributed by atoms with Gasteiger partial charge in [-0.25, -0.2) is 0 Å². The Morgan fingerprint density at radius 2 is 1.87 bits per heavy atom. The molecule has 0 radical (unpaired) electrons. The summed E-state index contributed by atoms with van der Waals surface area (Å²) in [6.45, 7) is 4.74. The molecule has 1 aliphatic heterocycles. The minimum atomic E-state index is -0.421. The second kappa shape index (κ2) is 9.43. The Kier molecular flexibility index (Phi) is 6.92. The smallest absolute Gasteiger partial charge is 0.243 e. The highest BCUT2D eigenvalue weighted by Crippen LogP contribution is 2.23. The van der Waals surface area contributed by atoms with E-state index < -0.39 is 5.92 Å². The van der Waals surface area contributed by atoms with E-state index in [9.17, 15) is 14.4 Å². The standard InChI is InChI=1S/C23H26BrN3O3/c1-15-4-6-17(7-5-15)12-27-13-18(11-22(27)29)23(30)26(3)14-21(28)25-20-9-8-19(24)10-16(20)2/h4-10,18H,11-14H2,1-3H3,(H,25,28)/t18-/m1/s1. The lowest BCUT2D eigenvalue weighted by Gasteiger charge is -2.21. The third kappa shape index (κ3) is 5.48. The van der Waals surface area contributed by atoms with Crippen molar-refractivity contribution < 1.29 is 14.4 Å². The predicted octanol–water partition coefficient (Wildman–Crippen LogP) is 3.51. The molecule has 158 valence electrons. The fraction of sp³-hybridized carbons (Fsp3) is 0.348. The van der Waals surface area contributed by atoms with Gasteiger partial charge in [-0.1, -0.05) is 45.8 Å². The van der Waals surface area contributed by atoms with E-state index in [1.165, 1.54) is 4.90 Å². The predicted molar refractivity (Wildman–Crippen MR) is 120 cm³/mol. The average molecular weight is 472 g/mol. The van der Waals surface area contributed by atoms with Crippen molar-refractivity contribution in [2.45, 2.75) is 26.8 Å². The van der Waals surface area contributed by atoms with Crippen LogP contribution in [0.5, 0.6) is 0 Å². The van der Waals surface area contributed by atoms with Crippen LogP contribution >= 0.6 is 15.9 Å². The number of carbonyl (C=O) groups is 3. The summed E-state index contributed by atoms with van der Waals surface area (Å²) < 4.78 is 0.936. The number of hydrogen-bond donors (Lipinski definition) is 1. The van der Waals surface area contributed by atoms with Crippen molar-refractivity contribution in [3.05, 3.63) is 63.6 Å². The van der Waals surface area contributed by atoms with E-state index in [-0.39, 0.29) is 30.7 Å². The highest BCUT2D eigenvalue weighted by molar-refractivity contribution is 9.10. The molecule has 0 bridgehead atoms. The zero-order valence-corrected chi connectivity index (χ0v) is 19.0. The summed E-state index contributed by atoms with van der Waals surface area (Å²) in [7, 11) is 1.60. The molecule has 1 atom stereocenters. The van der Waals surface area contributed by atoms with Crippen molar-refractivity contribution in [2.75, 3.05) is 25.5 Å². The largest absolute Gasteiger partial charge is 0.338 e. The normalized spacial score (nSPS) is 15.9. The second-order valence-electron chi connectivity index (χ2n) is 7.86. The Bertz CT molecular complexity index is 959. The van der Waals surface area contributed by atoms with Crippen LogP contribution in [0, 0.1) is 19.8 Å². The number of likely N-dealkylation sites (tertiary alicyclic amines) is 1. The highest BCUT2D eigenvalue weighted by Gasteiger charge is 2.36. The average Bonchev–Trinajstić information content (AvgIpc) is 3.05. The number of amides is 3. The van der Waals surface area contributed by atoms with Crippen LogP contribution in [0.25, 0.3) is 0 Å². The van der Waals surface area contributed by atoms with Gasteiger partial charge in [0.25, 0.3) is 0 Å². The van der Waals surface area contributed by atoms with Crippen LogP contribution in [0.1, 0.15) is 23.1 Å². The molecule has 1 N–H and O–H groups in total. The molecule has 1 heterocycles. The van der Waals surface area contributed by atoms with Crippen molar-refractivity contribution in [1.82, 2.24) is 9.80 Å². The maximum absolute atomic E-state index is 12.8. The summed E-state index contributed by atoms with van der Waals surface area (Å²) in [4.78, 5) is 40.7. The summed E-state index contributed by atoms with van der Waals surface area (Å²) in [6.07, 6.45) is 0.183. The third-order valence-electron chi connectivity index (χ3n) is 5.28. The quantitative estimate of drug-likeness (QED) is 0.700. The van der Waals surface area contributed by atoms with Crippen molar-refractivity contribution >= 4 is 39.3 Å². The van der Waals surface area contributed by atoms with Gasteiger partial charge in [0.2, 0.25) is 17.7 Å². The van der Waals surface area contributed by atoms with Gasteiger partial charge < -0.3 is 15.1 Å². The number of nitrogens with zero attached hydrogens (tertiary/aromatic N) is 2. The van der Waals surface area contributed by atoms with Gasteiger partial charge in [-0.15, -0.1) is 0 Å². The number of hydrogen-bond acceptors (Lipinski definition) is 3. The molecule has 3 amide bonds. The zero-order valence-electron chi connectivity index (χ0n) is 17.4. The number of aryl methyl sites for hydroxylation is 2. The van der Waals surface area contributed by atoms with E-state index in [4.69, 9.17) is 0 Å². The Morgan fingerprint density at radius 1 is 1.17 bits per heavy atom. The highest BCUT2D eigenvalue weighted by atomic mass is 79.9. The SMILES string of the molecule is Cc1ccc(CN2C[C@H](C(=O)N(C)CC(=O)Nc3ccc(Br)cc3C)CC2=O)cc1. The second-order valence-corrected chi connectivity index (χ2v) is 8.78. The molecule has 3 rings (SSSR count). The maximum atomic E-state index is 12.8. The Labute approximate surface area is 185 Å². The lowest BCUT2D eigenvalue weighted by molar-refractivity contribution is -0.137. The number of carbonyl (C=O) groups excluding carboxylic acids is 3. The number of benzene rings is 2. The number of anilines is 1. The van der Waals surface area contributed by atoms with E-state index in [0.717, 1.165) is 21.2 Å². The van der Waals surface area contributed by atoms with Crippen LogP contribution in [0.4, 0.5) is 5.69 Å². The fourth-order valence-electron chi connectivity index (χ4n) is 3.57. The minimum Gasteiger partial charge on any atom is -0.338 e. The summed E-state index contributed by atoms with van der Waals surface area (Å²) in [5, 5.41) is 2.84. The van der Waals surface area contributed by atoms with E-state index in [1.54, 1.807) is 11.9 Å². The summed E-state index contributed by atoms with van der Waals surface area (Å²) >= 11 is 3.40. The summed E-state index contributed by atoms with van der Waals surface area (Å²) in [5.41, 5.74) is 3.85. The number of nitrogens with one attached hydrogen (secondary N) is 1. The summed E-state index contributed by atoms with van der Waals surface area (Å²) in [5.74, 6) is -0.901. The first-order valence-corrected chi connectivity index (χ1v) is 10.7. The van der Waals surface area contributed by atoms with Crippen LogP contribution in [-0.2, 0) is 20.9 Å². The molecule has 0 aromatic heterocycles. The van der Waals surface area contributed by atoms with Crippen molar-refractivity contribution in [3.63, 3.8) is 0 Å². The van der Waals surface area contributed by atoms with E-state index in [2.05, 4.69) is 21.2 Å². The van der Waals surface area contributed by atoms with Gasteiger partial charge in [0.15, 0.2) is 0 Å². The van der Waals surface area contributed by atoms with Crippen LogP contribution in [0.3, 0.4) is 0 Å². The zero-order chi connectivity index (χ0) is 21.8. The van der Waals surface area contributed by atoms with E-state index in [0.29, 0.717) is 18.8 Å². The first-order chi connectivity index (χ1) is 14.2. The molecule has 0 saturated carbocycles. The van der Waals surface area contributed by atoms with Gasteiger partial charge in [0, 0.05) is 36.7 Å². The van der Waals surface area contributed by atoms with Gasteiger partial charge in [0.1, 0.15) is 0 Å². The number of likely N-dealkylation sites (N-methyl/N-ethyl adjacent to an activating group) is 1. The van der Waals surface area contributed by atoms with Crippen molar-refractivity contribution in [2.24, 2.45) is 5.92 Å². The molecular weight excluding hydrogens is 446 g/mol. The number of halogens is 1. The molecule has 0 spiro atoms. The number of rotatable bonds is 6. The van der Waals surface area contributed by atoms with E-state index in [1.807, 2.05) is 56.3 Å². The molecule has 7 heteroatoms. The van der Waals surface area contributed by atoms with E-state index >= 15 is 0 Å². The molecule has 1 fully saturated rings. The molecule has 30 heavy (non-hydrogen) atoms. The van der Waals surface area contributed by atoms with Gasteiger partial charge in [-0.2, -0.15) is 0 Å². The summed E-state index contributed by atoms with van der Waals surface area (Å²) in [6, 6.07) is 13.6. The minimum absolute atomic E-state index is 0.0303. The first kappa shape index (κ1) is 22.0. The Hall–Kier alpha value is -2.67. The molecule has 2 aromatic rings. The molecule has 1 saturated heterocycles. The van der Waals surface area contributed by atoms with Crippen molar-refractivity contribution in [3.8, 4) is 0 Å². The maximum Gasteiger partial charge on any atom is 0.243 e. The molecule has 6 nitrogen and oxygen atoms in total. The van der Waals surface area contributed by atoms with Crippen LogP contribution in [0.15, 0.2) is 46.9 Å². The van der Waals surface area contributed by atoms with Gasteiger partial charge in [-0.05, 0) is 43.2 Å². The fourth-order valence-corrected chi connectivity index (χ4v) is 4.04. The van der Waals surface area contributed by atoms with Crippen LogP contribution in [0.2, 0.25) is 0 Å². The van der Waals surface area contributed by atoms with Gasteiger partial charge in [-0.3, -0.25) is 14.4 Å². The molecule has 2 aromatic carbocycles. The van der Waals surface area contributed by atoms with Crippen LogP contribution in [-0.4, -0.2) is 47.7 Å².